The van der Waals surface area contributed by atoms with Crippen LogP contribution in [-0.2, 0) is 5.54 Å². The number of ether oxygens (including phenoxy) is 1. The van der Waals surface area contributed by atoms with Crippen molar-refractivity contribution >= 4 is 34.1 Å². The second-order valence-electron chi connectivity index (χ2n) is 7.44. The van der Waals surface area contributed by atoms with Gasteiger partial charge >= 0.3 is 0 Å². The Morgan fingerprint density at radius 1 is 1.30 bits per heavy atom. The number of thioether (sulfide) groups is 1. The maximum atomic E-state index is 9.00. The average molecular weight is 408 g/mol. The molecule has 2 atom stereocenters. The SMILES string of the molecule is CCC(C)(N=[N+]=[N-])c1cnc(OC(C)CC(C)(C)SC)c2cnc(Cl)cc12. The molecule has 0 bridgehead atoms. The number of rotatable bonds is 8. The maximum Gasteiger partial charge on any atom is 0.223 e. The third kappa shape index (κ3) is 4.98. The molecule has 0 fully saturated rings. The molecular weight excluding hydrogens is 382 g/mol. The van der Waals surface area contributed by atoms with Crippen molar-refractivity contribution in [1.29, 1.82) is 0 Å². The normalized spacial score (nSPS) is 15.1. The number of hydrogen-bond acceptors (Lipinski definition) is 5. The average Bonchev–Trinajstić information content (AvgIpc) is 2.61. The standard InChI is InChI=1S/C19H26ClN5OS/c1-7-19(5,24-25-21)15-11-23-17(14-10-22-16(20)8-13(14)15)26-12(2)9-18(3,4)27-6/h8,10-12H,7,9H2,1-6H3. The molecule has 2 aromatic heterocycles. The van der Waals surface area contributed by atoms with Crippen LogP contribution in [0.5, 0.6) is 5.88 Å². The smallest absolute Gasteiger partial charge is 0.223 e. The van der Waals surface area contributed by atoms with Crippen LogP contribution in [0.2, 0.25) is 5.15 Å². The molecule has 0 aromatic carbocycles. The van der Waals surface area contributed by atoms with E-state index < -0.39 is 5.54 Å². The largest absolute Gasteiger partial charge is 0.474 e. The van der Waals surface area contributed by atoms with Gasteiger partial charge in [-0.2, -0.15) is 11.8 Å². The molecule has 0 spiro atoms. The fraction of sp³-hybridized carbons (Fsp3) is 0.579. The van der Waals surface area contributed by atoms with Gasteiger partial charge in [0.25, 0.3) is 0 Å². The van der Waals surface area contributed by atoms with E-state index in [4.69, 9.17) is 21.9 Å². The molecule has 27 heavy (non-hydrogen) atoms. The number of fused-ring (bicyclic) bond motifs is 1. The molecule has 8 heteroatoms. The van der Waals surface area contributed by atoms with Gasteiger partial charge in [-0.3, -0.25) is 0 Å². The summed E-state index contributed by atoms with van der Waals surface area (Å²) >= 11 is 7.96. The van der Waals surface area contributed by atoms with Crippen molar-refractivity contribution in [1.82, 2.24) is 9.97 Å². The lowest BCUT2D eigenvalue weighted by Gasteiger charge is -2.27. The minimum atomic E-state index is -0.727. The van der Waals surface area contributed by atoms with Gasteiger partial charge in [0.1, 0.15) is 5.15 Å². The summed E-state index contributed by atoms with van der Waals surface area (Å²) in [5.41, 5.74) is 9.08. The Kier molecular flexibility index (Phi) is 6.84. The van der Waals surface area contributed by atoms with Crippen LogP contribution in [0.1, 0.15) is 53.0 Å². The number of halogens is 1. The summed E-state index contributed by atoms with van der Waals surface area (Å²) in [5.74, 6) is 0.515. The zero-order chi connectivity index (χ0) is 20.2. The Bertz CT molecular complexity index is 869. The Morgan fingerprint density at radius 3 is 2.59 bits per heavy atom. The van der Waals surface area contributed by atoms with E-state index in [2.05, 4.69) is 40.1 Å². The van der Waals surface area contributed by atoms with Gasteiger partial charge in [0, 0.05) is 22.1 Å². The van der Waals surface area contributed by atoms with Gasteiger partial charge in [0.05, 0.1) is 17.0 Å². The van der Waals surface area contributed by atoms with E-state index >= 15 is 0 Å². The van der Waals surface area contributed by atoms with Crippen molar-refractivity contribution in [3.63, 3.8) is 0 Å². The van der Waals surface area contributed by atoms with Gasteiger partial charge in [-0.15, -0.1) is 0 Å². The van der Waals surface area contributed by atoms with Crippen molar-refractivity contribution in [3.8, 4) is 5.88 Å². The van der Waals surface area contributed by atoms with E-state index in [1.165, 1.54) is 0 Å². The molecule has 0 N–H and O–H groups in total. The van der Waals surface area contributed by atoms with Crippen LogP contribution in [0, 0.1) is 0 Å². The lowest BCUT2D eigenvalue weighted by atomic mass is 9.88. The predicted octanol–water partition coefficient (Wildman–Crippen LogP) is 6.52. The van der Waals surface area contributed by atoms with Crippen LogP contribution in [-0.4, -0.2) is 27.1 Å². The molecule has 2 unspecified atom stereocenters. The molecule has 0 aliphatic rings. The van der Waals surface area contributed by atoms with E-state index in [9.17, 15) is 0 Å². The first-order valence-electron chi connectivity index (χ1n) is 8.88. The third-order valence-corrected chi connectivity index (χ3v) is 6.36. The van der Waals surface area contributed by atoms with E-state index in [1.54, 1.807) is 18.5 Å². The van der Waals surface area contributed by atoms with Crippen LogP contribution in [0.15, 0.2) is 23.6 Å². The summed E-state index contributed by atoms with van der Waals surface area (Å²) < 4.78 is 6.27. The lowest BCUT2D eigenvalue weighted by Crippen LogP contribution is -2.25. The molecule has 0 aliphatic carbocycles. The number of pyridine rings is 2. The lowest BCUT2D eigenvalue weighted by molar-refractivity contribution is 0.194. The highest BCUT2D eigenvalue weighted by molar-refractivity contribution is 7.99. The summed E-state index contributed by atoms with van der Waals surface area (Å²) in [6, 6.07) is 1.78. The third-order valence-electron chi connectivity index (χ3n) is 4.88. The van der Waals surface area contributed by atoms with Crippen LogP contribution in [0.25, 0.3) is 21.2 Å². The Morgan fingerprint density at radius 2 is 2.00 bits per heavy atom. The molecule has 6 nitrogen and oxygen atoms in total. The van der Waals surface area contributed by atoms with Crippen molar-refractivity contribution < 1.29 is 4.74 Å². The topological polar surface area (TPSA) is 83.8 Å². The quantitative estimate of drug-likeness (QED) is 0.216. The monoisotopic (exact) mass is 407 g/mol. The molecule has 2 aromatic rings. The molecule has 0 saturated heterocycles. The second-order valence-corrected chi connectivity index (χ2v) is 9.34. The Labute approximate surface area is 169 Å². The highest BCUT2D eigenvalue weighted by Gasteiger charge is 2.28. The van der Waals surface area contributed by atoms with Crippen molar-refractivity contribution in [2.45, 2.75) is 63.9 Å². The highest BCUT2D eigenvalue weighted by atomic mass is 35.5. The molecule has 0 amide bonds. The van der Waals surface area contributed by atoms with E-state index in [0.717, 1.165) is 22.8 Å². The van der Waals surface area contributed by atoms with Crippen LogP contribution < -0.4 is 4.74 Å². The minimum absolute atomic E-state index is 0.0145. The highest BCUT2D eigenvalue weighted by Crippen LogP contribution is 2.38. The first-order chi connectivity index (χ1) is 12.7. The maximum absolute atomic E-state index is 9.00. The summed E-state index contributed by atoms with van der Waals surface area (Å²) in [5, 5.41) is 5.98. The minimum Gasteiger partial charge on any atom is -0.474 e. The summed E-state index contributed by atoms with van der Waals surface area (Å²) in [6.07, 6.45) is 6.99. The molecule has 0 radical (unpaired) electrons. The Hall–Kier alpha value is -1.69. The van der Waals surface area contributed by atoms with Crippen LogP contribution in [0.4, 0.5) is 0 Å². The Balaban J connectivity index is 2.53. The van der Waals surface area contributed by atoms with Crippen molar-refractivity contribution in [3.05, 3.63) is 39.6 Å². The zero-order valence-corrected chi connectivity index (χ0v) is 18.2. The first kappa shape index (κ1) is 21.6. The van der Waals surface area contributed by atoms with Gasteiger partial charge in [-0.1, -0.05) is 37.5 Å². The van der Waals surface area contributed by atoms with Gasteiger partial charge in [0.15, 0.2) is 0 Å². The van der Waals surface area contributed by atoms with Gasteiger partial charge < -0.3 is 4.74 Å². The zero-order valence-electron chi connectivity index (χ0n) is 16.7. The van der Waals surface area contributed by atoms with E-state index in [0.29, 0.717) is 17.5 Å². The molecule has 0 aliphatic heterocycles. The van der Waals surface area contributed by atoms with E-state index in [-0.39, 0.29) is 10.9 Å². The van der Waals surface area contributed by atoms with Crippen molar-refractivity contribution in [2.75, 3.05) is 6.26 Å². The second kappa shape index (κ2) is 8.55. The van der Waals surface area contributed by atoms with Crippen LogP contribution >= 0.6 is 23.4 Å². The summed E-state index contributed by atoms with van der Waals surface area (Å²) in [4.78, 5) is 11.8. The molecule has 2 rings (SSSR count). The molecule has 0 saturated carbocycles. The fourth-order valence-corrected chi connectivity index (χ4v) is 3.59. The van der Waals surface area contributed by atoms with E-state index in [1.807, 2.05) is 32.5 Å². The number of nitrogens with zero attached hydrogens (tertiary/aromatic N) is 5. The van der Waals surface area contributed by atoms with Gasteiger partial charge in [-0.05, 0) is 55.5 Å². The number of azide groups is 1. The molecule has 2 heterocycles. The summed E-state index contributed by atoms with van der Waals surface area (Å²) in [7, 11) is 0. The predicted molar refractivity (Wildman–Crippen MR) is 114 cm³/mol. The molecule has 146 valence electrons. The summed E-state index contributed by atoms with van der Waals surface area (Å²) in [6.45, 7) is 10.3. The van der Waals surface area contributed by atoms with Gasteiger partial charge in [0.2, 0.25) is 5.88 Å². The number of aromatic nitrogens is 2. The van der Waals surface area contributed by atoms with Crippen molar-refractivity contribution in [2.24, 2.45) is 5.11 Å². The van der Waals surface area contributed by atoms with Crippen LogP contribution in [0.3, 0.4) is 0 Å². The fourth-order valence-electron chi connectivity index (χ4n) is 3.03. The molecular formula is C19H26ClN5OS. The number of hydrogen-bond donors (Lipinski definition) is 0. The van der Waals surface area contributed by atoms with Gasteiger partial charge in [-0.25, -0.2) is 9.97 Å². The first-order valence-corrected chi connectivity index (χ1v) is 10.5.